The van der Waals surface area contributed by atoms with Crippen molar-refractivity contribution in [1.29, 1.82) is 0 Å². The highest BCUT2D eigenvalue weighted by molar-refractivity contribution is 5.68. The van der Waals surface area contributed by atoms with Crippen LogP contribution in [0.25, 0.3) is 0 Å². The molecule has 5 nitrogen and oxygen atoms in total. The smallest absolute Gasteiger partial charge is 0.410 e. The number of rotatable bonds is 7. The summed E-state index contributed by atoms with van der Waals surface area (Å²) >= 11 is 0. The molecule has 1 heterocycles. The highest BCUT2D eigenvalue weighted by Gasteiger charge is 2.29. The molecule has 0 radical (unpaired) electrons. The Bertz CT molecular complexity index is 493. The summed E-state index contributed by atoms with van der Waals surface area (Å²) in [7, 11) is 0. The van der Waals surface area contributed by atoms with Crippen molar-refractivity contribution in [2.24, 2.45) is 5.73 Å². The molecule has 0 aliphatic carbocycles. The molecule has 1 amide bonds. The lowest BCUT2D eigenvalue weighted by molar-refractivity contribution is 0.0525. The summed E-state index contributed by atoms with van der Waals surface area (Å²) in [6.45, 7) is 7.85. The number of hydrogen-bond donors (Lipinski definition) is 1. The molecular weight excluding hydrogens is 302 g/mol. The first-order chi connectivity index (χ1) is 11.6. The maximum absolute atomic E-state index is 12.6. The van der Waals surface area contributed by atoms with E-state index < -0.39 is 0 Å². The second-order valence-electron chi connectivity index (χ2n) is 6.76. The first-order valence-electron chi connectivity index (χ1n) is 9.03. The topological polar surface area (TPSA) is 58.8 Å². The van der Waals surface area contributed by atoms with Crippen molar-refractivity contribution in [3.8, 4) is 0 Å². The molecule has 0 aromatic heterocycles. The van der Waals surface area contributed by atoms with Gasteiger partial charge in [-0.25, -0.2) is 4.79 Å². The minimum absolute atomic E-state index is 0.194. The van der Waals surface area contributed by atoms with Crippen LogP contribution in [0.1, 0.15) is 38.7 Å². The van der Waals surface area contributed by atoms with Crippen molar-refractivity contribution in [3.63, 3.8) is 0 Å². The third kappa shape index (κ3) is 5.49. The van der Waals surface area contributed by atoms with Crippen molar-refractivity contribution in [3.05, 3.63) is 35.9 Å². The molecule has 5 heteroatoms. The molecule has 1 aromatic rings. The van der Waals surface area contributed by atoms with Crippen LogP contribution in [0.5, 0.6) is 0 Å². The van der Waals surface area contributed by atoms with Crippen molar-refractivity contribution >= 4 is 6.09 Å². The minimum Gasteiger partial charge on any atom is -0.445 e. The highest BCUT2D eigenvalue weighted by Crippen LogP contribution is 2.20. The predicted octanol–water partition coefficient (Wildman–Crippen LogP) is 2.85. The Kier molecular flexibility index (Phi) is 7.53. The zero-order valence-electron chi connectivity index (χ0n) is 15.0. The molecule has 0 saturated carbocycles. The Morgan fingerprint density at radius 3 is 2.75 bits per heavy atom. The Morgan fingerprint density at radius 2 is 2.08 bits per heavy atom. The summed E-state index contributed by atoms with van der Waals surface area (Å²) in [6.07, 6.45) is 3.06. The van der Waals surface area contributed by atoms with Gasteiger partial charge in [0.1, 0.15) is 6.61 Å². The van der Waals surface area contributed by atoms with E-state index in [1.54, 1.807) is 0 Å². The van der Waals surface area contributed by atoms with Gasteiger partial charge in [-0.2, -0.15) is 0 Å². The quantitative estimate of drug-likeness (QED) is 0.833. The molecule has 1 fully saturated rings. The number of benzene rings is 1. The van der Waals surface area contributed by atoms with Gasteiger partial charge in [-0.1, -0.05) is 30.3 Å². The van der Waals surface area contributed by atoms with E-state index in [0.717, 1.165) is 38.0 Å². The zero-order valence-corrected chi connectivity index (χ0v) is 15.0. The van der Waals surface area contributed by atoms with Gasteiger partial charge in [0, 0.05) is 38.3 Å². The first kappa shape index (κ1) is 18.7. The second kappa shape index (κ2) is 9.64. The molecule has 0 unspecified atom stereocenters. The van der Waals surface area contributed by atoms with Crippen LogP contribution < -0.4 is 5.73 Å². The summed E-state index contributed by atoms with van der Waals surface area (Å²) in [5.74, 6) is 0. The van der Waals surface area contributed by atoms with E-state index >= 15 is 0 Å². The number of hydrogen-bond acceptors (Lipinski definition) is 4. The molecule has 1 saturated heterocycles. The molecular formula is C19H31N3O2. The summed E-state index contributed by atoms with van der Waals surface area (Å²) in [6, 6.07) is 10.5. The molecule has 0 spiro atoms. The second-order valence-corrected chi connectivity index (χ2v) is 6.76. The number of carbonyl (C=O) groups is 1. The predicted molar refractivity (Wildman–Crippen MR) is 96.7 cm³/mol. The van der Waals surface area contributed by atoms with E-state index in [-0.39, 0.29) is 12.1 Å². The number of ether oxygens (including phenoxy) is 1. The first-order valence-corrected chi connectivity index (χ1v) is 9.03. The average Bonchev–Trinajstić information content (AvgIpc) is 2.60. The van der Waals surface area contributed by atoms with Gasteiger partial charge in [-0.3, -0.25) is 4.90 Å². The number of piperidine rings is 1. The van der Waals surface area contributed by atoms with E-state index in [9.17, 15) is 4.79 Å². The van der Waals surface area contributed by atoms with Crippen LogP contribution in [0.2, 0.25) is 0 Å². The summed E-state index contributed by atoms with van der Waals surface area (Å²) < 4.78 is 5.54. The van der Waals surface area contributed by atoms with E-state index in [1.165, 1.54) is 6.42 Å². The third-order valence-electron chi connectivity index (χ3n) is 4.66. The number of carbonyl (C=O) groups excluding carboxylic acids is 1. The van der Waals surface area contributed by atoms with Crippen LogP contribution in [-0.4, -0.2) is 54.2 Å². The maximum Gasteiger partial charge on any atom is 0.410 e. The summed E-state index contributed by atoms with van der Waals surface area (Å²) in [5.41, 5.74) is 6.75. The summed E-state index contributed by atoms with van der Waals surface area (Å²) in [5, 5.41) is 0. The van der Waals surface area contributed by atoms with Gasteiger partial charge in [-0.15, -0.1) is 0 Å². The molecule has 1 atom stereocenters. The Balaban J connectivity index is 1.93. The molecule has 1 aliphatic rings. The lowest BCUT2D eigenvalue weighted by atomic mass is 10.0. The number of amides is 1. The Morgan fingerprint density at radius 1 is 1.33 bits per heavy atom. The fourth-order valence-electron chi connectivity index (χ4n) is 3.23. The van der Waals surface area contributed by atoms with Gasteiger partial charge < -0.3 is 15.4 Å². The number of nitrogens with zero attached hydrogens (tertiary/aromatic N) is 2. The highest BCUT2D eigenvalue weighted by atomic mass is 16.6. The molecule has 2 N–H and O–H groups in total. The van der Waals surface area contributed by atoms with Gasteiger partial charge in [0.25, 0.3) is 0 Å². The van der Waals surface area contributed by atoms with Crippen LogP contribution in [0.3, 0.4) is 0 Å². The molecule has 24 heavy (non-hydrogen) atoms. The monoisotopic (exact) mass is 333 g/mol. The van der Waals surface area contributed by atoms with Crippen molar-refractivity contribution in [1.82, 2.24) is 9.80 Å². The van der Waals surface area contributed by atoms with Gasteiger partial charge in [-0.05, 0) is 38.7 Å². The Labute approximate surface area is 145 Å². The van der Waals surface area contributed by atoms with Crippen LogP contribution in [0.15, 0.2) is 30.3 Å². The number of likely N-dealkylation sites (tertiary alicyclic amines) is 1. The lowest BCUT2D eigenvalue weighted by Crippen LogP contribution is -2.51. The fraction of sp³-hybridized carbons (Fsp3) is 0.632. The largest absolute Gasteiger partial charge is 0.445 e. The fourth-order valence-corrected chi connectivity index (χ4v) is 3.23. The normalized spacial score (nSPS) is 18.2. The van der Waals surface area contributed by atoms with Gasteiger partial charge in [0.05, 0.1) is 0 Å². The lowest BCUT2D eigenvalue weighted by Gasteiger charge is -2.39. The maximum atomic E-state index is 12.6. The van der Waals surface area contributed by atoms with Crippen LogP contribution in [-0.2, 0) is 11.3 Å². The Hall–Kier alpha value is -1.59. The van der Waals surface area contributed by atoms with Crippen molar-refractivity contribution in [2.75, 3.05) is 26.2 Å². The van der Waals surface area contributed by atoms with E-state index in [1.807, 2.05) is 35.2 Å². The average molecular weight is 333 g/mol. The molecule has 134 valence electrons. The zero-order chi connectivity index (χ0) is 17.4. The number of nitrogens with two attached hydrogens (primary N) is 1. The van der Waals surface area contributed by atoms with E-state index in [4.69, 9.17) is 10.5 Å². The van der Waals surface area contributed by atoms with E-state index in [0.29, 0.717) is 19.2 Å². The van der Waals surface area contributed by atoms with Crippen molar-refractivity contribution in [2.45, 2.75) is 51.8 Å². The van der Waals surface area contributed by atoms with E-state index in [2.05, 4.69) is 18.7 Å². The van der Waals surface area contributed by atoms with Gasteiger partial charge >= 0.3 is 6.09 Å². The van der Waals surface area contributed by atoms with Crippen LogP contribution in [0.4, 0.5) is 4.79 Å². The SMILES string of the molecule is CC(C)N(CCN)C[C@@H]1CCCCN1C(=O)OCc1ccccc1. The standard InChI is InChI=1S/C19H31N3O2/c1-16(2)21(13-11-20)14-18-10-6-7-12-22(18)19(23)24-15-17-8-4-3-5-9-17/h3-5,8-9,16,18H,6-7,10-15,20H2,1-2H3/t18-/m0/s1. The minimum atomic E-state index is -0.194. The summed E-state index contributed by atoms with van der Waals surface area (Å²) in [4.78, 5) is 16.8. The van der Waals surface area contributed by atoms with Gasteiger partial charge in [0.15, 0.2) is 0 Å². The molecule has 1 aromatic carbocycles. The van der Waals surface area contributed by atoms with Crippen molar-refractivity contribution < 1.29 is 9.53 Å². The van der Waals surface area contributed by atoms with Gasteiger partial charge in [0.2, 0.25) is 0 Å². The van der Waals surface area contributed by atoms with Crippen LogP contribution in [0, 0.1) is 0 Å². The molecule has 1 aliphatic heterocycles. The van der Waals surface area contributed by atoms with Crippen LogP contribution >= 0.6 is 0 Å². The molecule has 2 rings (SSSR count). The third-order valence-corrected chi connectivity index (χ3v) is 4.66. The molecule has 0 bridgehead atoms.